The van der Waals surface area contributed by atoms with Crippen molar-refractivity contribution in [2.75, 3.05) is 7.11 Å². The second-order valence-corrected chi connectivity index (χ2v) is 2.96. The summed E-state index contributed by atoms with van der Waals surface area (Å²) in [5.74, 6) is 0.678. The standard InChI is InChI=1S/C9H9BrO/c1-7(11-2)8-5-3-4-6-9(8)10/h3-6H,1H2,2H3. The van der Waals surface area contributed by atoms with Crippen LogP contribution < -0.4 is 0 Å². The maximum Gasteiger partial charge on any atom is 0.120 e. The van der Waals surface area contributed by atoms with Crippen LogP contribution in [0.3, 0.4) is 0 Å². The number of benzene rings is 1. The minimum Gasteiger partial charge on any atom is -0.497 e. The fourth-order valence-corrected chi connectivity index (χ4v) is 1.30. The van der Waals surface area contributed by atoms with E-state index in [4.69, 9.17) is 4.74 Å². The predicted molar refractivity (Wildman–Crippen MR) is 50.2 cm³/mol. The first-order chi connectivity index (χ1) is 5.25. The maximum absolute atomic E-state index is 4.99. The summed E-state index contributed by atoms with van der Waals surface area (Å²) >= 11 is 3.40. The van der Waals surface area contributed by atoms with Crippen LogP contribution in [0.15, 0.2) is 35.3 Å². The summed E-state index contributed by atoms with van der Waals surface area (Å²) in [5, 5.41) is 0. The summed E-state index contributed by atoms with van der Waals surface area (Å²) in [6.07, 6.45) is 0. The van der Waals surface area contributed by atoms with Crippen LogP contribution in [-0.2, 0) is 4.74 Å². The van der Waals surface area contributed by atoms with Crippen molar-refractivity contribution in [3.05, 3.63) is 40.9 Å². The van der Waals surface area contributed by atoms with Crippen molar-refractivity contribution in [3.63, 3.8) is 0 Å². The van der Waals surface area contributed by atoms with E-state index in [0.717, 1.165) is 10.0 Å². The molecule has 0 spiro atoms. The van der Waals surface area contributed by atoms with Crippen molar-refractivity contribution in [1.29, 1.82) is 0 Å². The Hall–Kier alpha value is -0.760. The van der Waals surface area contributed by atoms with Crippen molar-refractivity contribution in [3.8, 4) is 0 Å². The summed E-state index contributed by atoms with van der Waals surface area (Å²) in [4.78, 5) is 0. The zero-order chi connectivity index (χ0) is 8.27. The highest BCUT2D eigenvalue weighted by Crippen LogP contribution is 2.22. The molecule has 0 N–H and O–H groups in total. The van der Waals surface area contributed by atoms with E-state index in [0.29, 0.717) is 5.76 Å². The normalized spacial score (nSPS) is 9.27. The Bertz CT molecular complexity index is 268. The molecule has 58 valence electrons. The summed E-state index contributed by atoms with van der Waals surface area (Å²) in [5.41, 5.74) is 0.995. The number of methoxy groups -OCH3 is 1. The molecule has 0 saturated carbocycles. The minimum atomic E-state index is 0.678. The third-order valence-corrected chi connectivity index (χ3v) is 2.11. The van der Waals surface area contributed by atoms with Crippen LogP contribution in [0.5, 0.6) is 0 Å². The number of rotatable bonds is 2. The molecule has 0 aliphatic carbocycles. The lowest BCUT2D eigenvalue weighted by atomic mass is 10.2. The quantitative estimate of drug-likeness (QED) is 0.686. The third kappa shape index (κ3) is 1.84. The Morgan fingerprint density at radius 1 is 1.45 bits per heavy atom. The molecule has 1 aromatic carbocycles. The molecular weight excluding hydrogens is 204 g/mol. The fourth-order valence-electron chi connectivity index (χ4n) is 0.797. The second-order valence-electron chi connectivity index (χ2n) is 2.11. The Morgan fingerprint density at radius 2 is 2.09 bits per heavy atom. The average molecular weight is 213 g/mol. The van der Waals surface area contributed by atoms with Gasteiger partial charge < -0.3 is 4.74 Å². The molecule has 0 saturated heterocycles. The van der Waals surface area contributed by atoms with E-state index >= 15 is 0 Å². The molecule has 1 nitrogen and oxygen atoms in total. The van der Waals surface area contributed by atoms with Gasteiger partial charge in [-0.25, -0.2) is 0 Å². The van der Waals surface area contributed by atoms with Gasteiger partial charge in [0.25, 0.3) is 0 Å². The van der Waals surface area contributed by atoms with Crippen molar-refractivity contribution in [1.82, 2.24) is 0 Å². The highest BCUT2D eigenvalue weighted by atomic mass is 79.9. The molecule has 0 fully saturated rings. The molecule has 0 aliphatic rings. The Labute approximate surface area is 74.8 Å². The molecule has 0 unspecified atom stereocenters. The molecular formula is C9H9BrO. The molecule has 0 radical (unpaired) electrons. The average Bonchev–Trinajstić information content (AvgIpc) is 2.04. The first-order valence-corrected chi connectivity index (χ1v) is 4.03. The van der Waals surface area contributed by atoms with Gasteiger partial charge >= 0.3 is 0 Å². The number of hydrogen-bond donors (Lipinski definition) is 0. The molecule has 11 heavy (non-hydrogen) atoms. The molecule has 0 atom stereocenters. The molecule has 0 aliphatic heterocycles. The second kappa shape index (κ2) is 3.58. The predicted octanol–water partition coefficient (Wildman–Crippen LogP) is 3.07. The Balaban J connectivity index is 3.03. The number of hydrogen-bond acceptors (Lipinski definition) is 1. The van der Waals surface area contributed by atoms with Crippen molar-refractivity contribution in [2.24, 2.45) is 0 Å². The molecule has 0 aromatic heterocycles. The first kappa shape index (κ1) is 8.34. The van der Waals surface area contributed by atoms with Gasteiger partial charge in [0, 0.05) is 10.0 Å². The maximum atomic E-state index is 4.99. The smallest absolute Gasteiger partial charge is 0.120 e. The Morgan fingerprint density at radius 3 is 2.64 bits per heavy atom. The Kier molecular flexibility index (Phi) is 2.71. The first-order valence-electron chi connectivity index (χ1n) is 3.23. The van der Waals surface area contributed by atoms with Gasteiger partial charge in [-0.2, -0.15) is 0 Å². The largest absolute Gasteiger partial charge is 0.497 e. The third-order valence-electron chi connectivity index (χ3n) is 1.42. The summed E-state index contributed by atoms with van der Waals surface area (Å²) in [7, 11) is 1.61. The van der Waals surface area contributed by atoms with E-state index in [1.54, 1.807) is 7.11 Å². The van der Waals surface area contributed by atoms with E-state index in [-0.39, 0.29) is 0 Å². The van der Waals surface area contributed by atoms with Crippen molar-refractivity contribution >= 4 is 21.7 Å². The zero-order valence-electron chi connectivity index (χ0n) is 6.30. The summed E-state index contributed by atoms with van der Waals surface area (Å²) in [6, 6.07) is 7.82. The van der Waals surface area contributed by atoms with Crippen LogP contribution in [0.1, 0.15) is 5.56 Å². The monoisotopic (exact) mass is 212 g/mol. The van der Waals surface area contributed by atoms with Gasteiger partial charge in [-0.3, -0.25) is 0 Å². The van der Waals surface area contributed by atoms with Gasteiger partial charge in [-0.15, -0.1) is 0 Å². The fraction of sp³-hybridized carbons (Fsp3) is 0.111. The van der Waals surface area contributed by atoms with E-state index in [1.807, 2.05) is 24.3 Å². The van der Waals surface area contributed by atoms with Crippen LogP contribution in [0, 0.1) is 0 Å². The van der Waals surface area contributed by atoms with Gasteiger partial charge in [0.2, 0.25) is 0 Å². The van der Waals surface area contributed by atoms with Crippen LogP contribution >= 0.6 is 15.9 Å². The minimum absolute atomic E-state index is 0.678. The van der Waals surface area contributed by atoms with Crippen molar-refractivity contribution < 1.29 is 4.74 Å². The van der Waals surface area contributed by atoms with E-state index < -0.39 is 0 Å². The molecule has 1 rings (SSSR count). The van der Waals surface area contributed by atoms with Gasteiger partial charge in [-0.1, -0.05) is 40.7 Å². The molecule has 2 heteroatoms. The highest BCUT2D eigenvalue weighted by molar-refractivity contribution is 9.10. The van der Waals surface area contributed by atoms with E-state index in [2.05, 4.69) is 22.5 Å². The van der Waals surface area contributed by atoms with E-state index in [1.165, 1.54) is 0 Å². The topological polar surface area (TPSA) is 9.23 Å². The van der Waals surface area contributed by atoms with Gasteiger partial charge in [0.15, 0.2) is 0 Å². The van der Waals surface area contributed by atoms with Crippen LogP contribution in [0.2, 0.25) is 0 Å². The molecule has 0 amide bonds. The zero-order valence-corrected chi connectivity index (χ0v) is 7.89. The van der Waals surface area contributed by atoms with E-state index in [9.17, 15) is 0 Å². The molecule has 0 bridgehead atoms. The SMILES string of the molecule is C=C(OC)c1ccccc1Br. The lowest BCUT2D eigenvalue weighted by Crippen LogP contribution is -1.85. The molecule has 0 heterocycles. The van der Waals surface area contributed by atoms with Crippen LogP contribution in [0.4, 0.5) is 0 Å². The number of halogens is 1. The molecule has 1 aromatic rings. The lowest BCUT2D eigenvalue weighted by Gasteiger charge is -2.05. The van der Waals surface area contributed by atoms with Gasteiger partial charge in [0.1, 0.15) is 5.76 Å². The lowest BCUT2D eigenvalue weighted by molar-refractivity contribution is 0.371. The summed E-state index contributed by atoms with van der Waals surface area (Å²) < 4.78 is 6.00. The van der Waals surface area contributed by atoms with Crippen LogP contribution in [0.25, 0.3) is 5.76 Å². The van der Waals surface area contributed by atoms with Gasteiger partial charge in [-0.05, 0) is 6.07 Å². The highest BCUT2D eigenvalue weighted by Gasteiger charge is 2.00. The van der Waals surface area contributed by atoms with Crippen LogP contribution in [-0.4, -0.2) is 7.11 Å². The van der Waals surface area contributed by atoms with Gasteiger partial charge in [0.05, 0.1) is 7.11 Å². The number of ether oxygens (including phenoxy) is 1. The van der Waals surface area contributed by atoms with Crippen molar-refractivity contribution in [2.45, 2.75) is 0 Å². The summed E-state index contributed by atoms with van der Waals surface area (Å²) in [6.45, 7) is 3.75.